The lowest BCUT2D eigenvalue weighted by atomic mass is 9.97. The first-order valence-electron chi connectivity index (χ1n) is 5.34. The Morgan fingerprint density at radius 3 is 2.58 bits per heavy atom. The van der Waals surface area contributed by atoms with Crippen molar-refractivity contribution in [1.29, 1.82) is 0 Å². The van der Waals surface area contributed by atoms with E-state index in [2.05, 4.69) is 15.0 Å². The summed E-state index contributed by atoms with van der Waals surface area (Å²) in [4.78, 5) is 0. The normalized spacial score (nSPS) is 13.5. The van der Waals surface area contributed by atoms with Gasteiger partial charge in [0.1, 0.15) is 0 Å². The van der Waals surface area contributed by atoms with E-state index in [-0.39, 0.29) is 0 Å². The van der Waals surface area contributed by atoms with E-state index in [9.17, 15) is 13.2 Å². The molecule has 1 aromatic carbocycles. The van der Waals surface area contributed by atoms with Gasteiger partial charge in [0.15, 0.2) is 0 Å². The molecule has 2 aromatic rings. The van der Waals surface area contributed by atoms with Crippen LogP contribution in [0.25, 0.3) is 0 Å². The van der Waals surface area contributed by atoms with Crippen LogP contribution in [0.4, 0.5) is 13.2 Å². The van der Waals surface area contributed by atoms with Gasteiger partial charge in [0.05, 0.1) is 17.3 Å². The van der Waals surface area contributed by atoms with Crippen LogP contribution in [-0.4, -0.2) is 9.59 Å². The molecule has 0 aliphatic carbocycles. The molecule has 0 aliphatic heterocycles. The van der Waals surface area contributed by atoms with Crippen LogP contribution in [0.1, 0.15) is 28.4 Å². The molecule has 0 saturated heterocycles. The second-order valence-corrected chi connectivity index (χ2v) is 4.61. The van der Waals surface area contributed by atoms with Crippen LogP contribution >= 0.6 is 11.5 Å². The van der Waals surface area contributed by atoms with E-state index in [1.807, 2.05) is 0 Å². The minimum atomic E-state index is -4.35. The summed E-state index contributed by atoms with van der Waals surface area (Å²) in [6.07, 6.45) is -4.35. The smallest absolute Gasteiger partial charge is 0.271 e. The van der Waals surface area contributed by atoms with Gasteiger partial charge >= 0.3 is 6.18 Å². The summed E-state index contributed by atoms with van der Waals surface area (Å²) in [5.74, 6) is 5.45. The van der Waals surface area contributed by atoms with Crippen molar-refractivity contribution in [3.05, 3.63) is 46.0 Å². The predicted molar refractivity (Wildman–Crippen MR) is 65.3 cm³/mol. The summed E-state index contributed by atoms with van der Waals surface area (Å²) in [6, 6.07) is 3.06. The van der Waals surface area contributed by atoms with Crippen LogP contribution < -0.4 is 11.3 Å². The molecule has 0 radical (unpaired) electrons. The fourth-order valence-corrected chi connectivity index (χ4v) is 2.29. The van der Waals surface area contributed by atoms with Gasteiger partial charge in [0.2, 0.25) is 0 Å². The van der Waals surface area contributed by atoms with Gasteiger partial charge in [-0.25, -0.2) is 5.43 Å². The molecule has 0 aliphatic rings. The maximum atomic E-state index is 12.6. The van der Waals surface area contributed by atoms with E-state index in [0.29, 0.717) is 16.8 Å². The standard InChI is InChI=1S/C11H11F3N4S/c1-6-4-7(11(12,13)14)2-3-8(6)10(16-15)9-5-19-18-17-9/h2-5,10,16H,15H2,1H3. The molecule has 102 valence electrons. The lowest BCUT2D eigenvalue weighted by Gasteiger charge is -2.17. The Morgan fingerprint density at radius 2 is 2.11 bits per heavy atom. The molecule has 0 bridgehead atoms. The zero-order chi connectivity index (χ0) is 14.0. The molecule has 2 rings (SSSR count). The molecule has 8 heteroatoms. The predicted octanol–water partition coefficient (Wildman–Crippen LogP) is 2.42. The first-order valence-corrected chi connectivity index (χ1v) is 6.18. The highest BCUT2D eigenvalue weighted by atomic mass is 32.1. The summed E-state index contributed by atoms with van der Waals surface area (Å²) in [5, 5.41) is 5.58. The number of hydrazine groups is 1. The molecule has 0 saturated carbocycles. The summed E-state index contributed by atoms with van der Waals surface area (Å²) in [6.45, 7) is 1.61. The number of benzene rings is 1. The minimum Gasteiger partial charge on any atom is -0.271 e. The van der Waals surface area contributed by atoms with Gasteiger partial charge in [-0.15, -0.1) is 5.10 Å². The van der Waals surface area contributed by atoms with Crippen molar-refractivity contribution in [1.82, 2.24) is 15.0 Å². The molecule has 19 heavy (non-hydrogen) atoms. The number of hydrogen-bond donors (Lipinski definition) is 2. The summed E-state index contributed by atoms with van der Waals surface area (Å²) in [7, 11) is 0. The number of nitrogens with one attached hydrogen (secondary N) is 1. The highest BCUT2D eigenvalue weighted by molar-refractivity contribution is 7.03. The number of alkyl halides is 3. The quantitative estimate of drug-likeness (QED) is 0.672. The molecule has 1 atom stereocenters. The van der Waals surface area contributed by atoms with E-state index in [0.717, 1.165) is 23.7 Å². The monoisotopic (exact) mass is 288 g/mol. The van der Waals surface area contributed by atoms with Gasteiger partial charge in [-0.05, 0) is 41.7 Å². The highest BCUT2D eigenvalue weighted by Crippen LogP contribution is 2.32. The maximum Gasteiger partial charge on any atom is 0.416 e. The van der Waals surface area contributed by atoms with E-state index < -0.39 is 17.8 Å². The van der Waals surface area contributed by atoms with Crippen LogP contribution in [0.15, 0.2) is 23.6 Å². The zero-order valence-electron chi connectivity index (χ0n) is 9.90. The number of halogens is 3. The van der Waals surface area contributed by atoms with Crippen LogP contribution in [-0.2, 0) is 6.18 Å². The molecule has 0 spiro atoms. The number of nitrogens with zero attached hydrogens (tertiary/aromatic N) is 2. The van der Waals surface area contributed by atoms with Crippen molar-refractivity contribution in [2.75, 3.05) is 0 Å². The number of aryl methyl sites for hydroxylation is 1. The Hall–Kier alpha value is -1.51. The number of nitrogens with two attached hydrogens (primary N) is 1. The fraction of sp³-hybridized carbons (Fsp3) is 0.273. The molecule has 3 N–H and O–H groups in total. The number of rotatable bonds is 3. The highest BCUT2D eigenvalue weighted by Gasteiger charge is 2.31. The Labute approximate surface area is 111 Å². The van der Waals surface area contributed by atoms with Crippen molar-refractivity contribution in [2.24, 2.45) is 5.84 Å². The van der Waals surface area contributed by atoms with Crippen molar-refractivity contribution < 1.29 is 13.2 Å². The van der Waals surface area contributed by atoms with Gasteiger partial charge in [-0.1, -0.05) is 10.6 Å². The summed E-state index contributed by atoms with van der Waals surface area (Å²) >= 11 is 1.15. The van der Waals surface area contributed by atoms with Crippen molar-refractivity contribution >= 4 is 11.5 Å². The Balaban J connectivity index is 2.40. The molecule has 1 unspecified atom stereocenters. The third-order valence-corrected chi connectivity index (χ3v) is 3.27. The zero-order valence-corrected chi connectivity index (χ0v) is 10.7. The molecule has 4 nitrogen and oxygen atoms in total. The third-order valence-electron chi connectivity index (χ3n) is 2.75. The second-order valence-electron chi connectivity index (χ2n) is 4.00. The lowest BCUT2D eigenvalue weighted by Crippen LogP contribution is -2.29. The Kier molecular flexibility index (Phi) is 3.83. The topological polar surface area (TPSA) is 63.8 Å². The SMILES string of the molecule is Cc1cc(C(F)(F)F)ccc1C(NN)c1csnn1. The van der Waals surface area contributed by atoms with Gasteiger partial charge in [-0.3, -0.25) is 5.84 Å². The van der Waals surface area contributed by atoms with Crippen molar-refractivity contribution in [3.63, 3.8) is 0 Å². The van der Waals surface area contributed by atoms with Crippen LogP contribution in [0.2, 0.25) is 0 Å². The largest absolute Gasteiger partial charge is 0.416 e. The van der Waals surface area contributed by atoms with Crippen LogP contribution in [0, 0.1) is 6.92 Å². The first-order chi connectivity index (χ1) is 8.93. The summed E-state index contributed by atoms with van der Waals surface area (Å²) in [5.41, 5.74) is 3.58. The van der Waals surface area contributed by atoms with E-state index in [4.69, 9.17) is 5.84 Å². The molecule has 0 fully saturated rings. The Bertz CT molecular complexity index is 554. The molecule has 0 amide bonds. The van der Waals surface area contributed by atoms with Crippen LogP contribution in [0.3, 0.4) is 0 Å². The average Bonchev–Trinajstić information content (AvgIpc) is 2.84. The first kappa shape index (κ1) is 13.9. The Morgan fingerprint density at radius 1 is 1.37 bits per heavy atom. The average molecular weight is 288 g/mol. The molecule has 1 aromatic heterocycles. The molecular weight excluding hydrogens is 277 g/mol. The summed E-state index contributed by atoms with van der Waals surface area (Å²) < 4.78 is 41.5. The van der Waals surface area contributed by atoms with Crippen molar-refractivity contribution in [3.8, 4) is 0 Å². The maximum absolute atomic E-state index is 12.6. The van der Waals surface area contributed by atoms with Gasteiger partial charge in [0, 0.05) is 5.38 Å². The van der Waals surface area contributed by atoms with Gasteiger partial charge < -0.3 is 0 Å². The van der Waals surface area contributed by atoms with Gasteiger partial charge in [0.25, 0.3) is 0 Å². The van der Waals surface area contributed by atoms with Gasteiger partial charge in [-0.2, -0.15) is 13.2 Å². The minimum absolute atomic E-state index is 0.471. The lowest BCUT2D eigenvalue weighted by molar-refractivity contribution is -0.137. The van der Waals surface area contributed by atoms with E-state index in [1.165, 1.54) is 6.07 Å². The third kappa shape index (κ3) is 2.91. The fourth-order valence-electron chi connectivity index (χ4n) is 1.81. The second kappa shape index (κ2) is 5.24. The molecule has 1 heterocycles. The van der Waals surface area contributed by atoms with E-state index >= 15 is 0 Å². The number of hydrogen-bond acceptors (Lipinski definition) is 5. The van der Waals surface area contributed by atoms with Crippen molar-refractivity contribution in [2.45, 2.75) is 19.1 Å². The number of aromatic nitrogens is 2. The van der Waals surface area contributed by atoms with Crippen LogP contribution in [0.5, 0.6) is 0 Å². The molecular formula is C11H11F3N4S. The van der Waals surface area contributed by atoms with E-state index in [1.54, 1.807) is 12.3 Å².